The molecule has 7 aromatic carbocycles. The minimum absolute atomic E-state index is 0.529. The summed E-state index contributed by atoms with van der Waals surface area (Å²) in [6, 6.07) is 63.3. The molecule has 0 spiro atoms. The molecule has 4 nitrogen and oxygen atoms in total. The minimum Gasteiger partial charge on any atom is -0.309 e. The molecule has 0 aliphatic heterocycles. The van der Waals surface area contributed by atoms with Crippen molar-refractivity contribution in [2.24, 2.45) is 0 Å². The van der Waals surface area contributed by atoms with Gasteiger partial charge < -0.3 is 4.57 Å². The molecule has 0 radical (unpaired) electrons. The van der Waals surface area contributed by atoms with Crippen molar-refractivity contribution in [2.75, 3.05) is 0 Å². The van der Waals surface area contributed by atoms with Gasteiger partial charge in [0.15, 0.2) is 13.8 Å². The fraction of sp³-hybridized carbons (Fsp3) is 0. The fourth-order valence-corrected chi connectivity index (χ4v) is 12.2. The average molecular weight is 653 g/mol. The highest BCUT2D eigenvalue weighted by atomic mass is 28.3. The maximum absolute atomic E-state index is 10.1. The van der Waals surface area contributed by atoms with Crippen LogP contribution >= 0.6 is 0 Å². The van der Waals surface area contributed by atoms with Gasteiger partial charge in [0.1, 0.15) is 0 Å². The van der Waals surface area contributed by atoms with Gasteiger partial charge in [-0.1, -0.05) is 127 Å². The molecular weight excluding hydrogens is 625 g/mol. The van der Waals surface area contributed by atoms with E-state index in [1.165, 1.54) is 20.7 Å². The molecule has 5 heteroatoms. The SMILES string of the molecule is [C-]#[N+]c1ccc2c(c1)c1cc(C#N)ccc1n2-c1cc(C#N)ccc1-c1cccc([Si](c2ccccc2)(c2ccccc2)c2ccccc2)c1. The van der Waals surface area contributed by atoms with E-state index in [-0.39, 0.29) is 0 Å². The number of hydrogen-bond acceptors (Lipinski definition) is 2. The molecule has 0 saturated heterocycles. The molecule has 50 heavy (non-hydrogen) atoms. The van der Waals surface area contributed by atoms with E-state index in [9.17, 15) is 10.5 Å². The van der Waals surface area contributed by atoms with Crippen molar-refractivity contribution in [1.29, 1.82) is 10.5 Å². The Morgan fingerprint density at radius 2 is 1.02 bits per heavy atom. The van der Waals surface area contributed by atoms with Gasteiger partial charge in [0.05, 0.1) is 46.6 Å². The summed E-state index contributed by atoms with van der Waals surface area (Å²) < 4.78 is 2.17. The molecule has 0 aliphatic carbocycles. The van der Waals surface area contributed by atoms with Gasteiger partial charge in [0.25, 0.3) is 0 Å². The minimum atomic E-state index is -2.79. The quantitative estimate of drug-likeness (QED) is 0.104. The fourth-order valence-electron chi connectivity index (χ4n) is 7.42. The lowest BCUT2D eigenvalue weighted by Gasteiger charge is -2.34. The second kappa shape index (κ2) is 12.6. The summed E-state index contributed by atoms with van der Waals surface area (Å²) in [6.45, 7) is 7.67. The number of nitriles is 2. The summed E-state index contributed by atoms with van der Waals surface area (Å²) in [5.74, 6) is 0. The molecule has 8 rings (SSSR count). The molecular formula is C45H28N4Si. The van der Waals surface area contributed by atoms with Gasteiger partial charge in [-0.3, -0.25) is 0 Å². The summed E-state index contributed by atoms with van der Waals surface area (Å²) in [7, 11) is -2.79. The predicted molar refractivity (Wildman–Crippen MR) is 206 cm³/mol. The Hall–Kier alpha value is -6.97. The molecule has 0 saturated carbocycles. The number of fused-ring (bicyclic) bond motifs is 3. The normalized spacial score (nSPS) is 11.1. The van der Waals surface area contributed by atoms with E-state index < -0.39 is 8.07 Å². The van der Waals surface area contributed by atoms with Crippen LogP contribution < -0.4 is 20.7 Å². The van der Waals surface area contributed by atoms with Crippen molar-refractivity contribution in [3.63, 3.8) is 0 Å². The molecule has 8 aromatic rings. The summed E-state index contributed by atoms with van der Waals surface area (Å²) in [4.78, 5) is 3.69. The van der Waals surface area contributed by atoms with Crippen LogP contribution in [0.1, 0.15) is 11.1 Å². The van der Waals surface area contributed by atoms with E-state index in [0.717, 1.165) is 38.6 Å². The zero-order valence-corrected chi connectivity index (χ0v) is 28.0. The number of rotatable bonds is 6. The largest absolute Gasteiger partial charge is 0.309 e. The highest BCUT2D eigenvalue weighted by Crippen LogP contribution is 2.38. The molecule has 0 amide bonds. The lowest BCUT2D eigenvalue weighted by molar-refractivity contribution is 1.18. The molecule has 0 atom stereocenters. The van der Waals surface area contributed by atoms with Gasteiger partial charge in [0, 0.05) is 10.9 Å². The average Bonchev–Trinajstić information content (AvgIpc) is 3.52. The Labute approximate surface area is 291 Å². The monoisotopic (exact) mass is 652 g/mol. The van der Waals surface area contributed by atoms with Crippen molar-refractivity contribution in [1.82, 2.24) is 4.57 Å². The third-order valence-electron chi connectivity index (χ3n) is 9.60. The number of benzene rings is 7. The summed E-state index contributed by atoms with van der Waals surface area (Å²) in [5.41, 5.74) is 6.28. The van der Waals surface area contributed by atoms with Crippen LogP contribution in [0.3, 0.4) is 0 Å². The van der Waals surface area contributed by atoms with Crippen LogP contribution in [-0.4, -0.2) is 12.6 Å². The number of aromatic nitrogens is 1. The Kier molecular flexibility index (Phi) is 7.63. The molecule has 232 valence electrons. The molecule has 0 aliphatic rings. The second-order valence-corrected chi connectivity index (χ2v) is 16.1. The van der Waals surface area contributed by atoms with Gasteiger partial charge in [0.2, 0.25) is 0 Å². The van der Waals surface area contributed by atoms with Crippen LogP contribution in [0.2, 0.25) is 0 Å². The maximum atomic E-state index is 10.1. The van der Waals surface area contributed by atoms with Gasteiger partial charge >= 0.3 is 0 Å². The molecule has 0 bridgehead atoms. The van der Waals surface area contributed by atoms with Crippen LogP contribution in [0.15, 0.2) is 170 Å². The lowest BCUT2D eigenvalue weighted by Crippen LogP contribution is -2.74. The topological polar surface area (TPSA) is 56.9 Å². The highest BCUT2D eigenvalue weighted by Gasteiger charge is 2.41. The first kappa shape index (κ1) is 30.4. The van der Waals surface area contributed by atoms with E-state index in [1.807, 2.05) is 54.6 Å². The van der Waals surface area contributed by atoms with Gasteiger partial charge in [-0.2, -0.15) is 10.5 Å². The van der Waals surface area contributed by atoms with Crippen LogP contribution in [0.5, 0.6) is 0 Å². The summed E-state index contributed by atoms with van der Waals surface area (Å²) >= 11 is 0. The first-order valence-corrected chi connectivity index (χ1v) is 18.3. The molecule has 0 N–H and O–H groups in total. The van der Waals surface area contributed by atoms with Gasteiger partial charge in [-0.05, 0) is 74.2 Å². The molecule has 0 fully saturated rings. The molecule has 1 aromatic heterocycles. The van der Waals surface area contributed by atoms with Crippen molar-refractivity contribution < 1.29 is 0 Å². The molecule has 0 unspecified atom stereocenters. The van der Waals surface area contributed by atoms with Crippen molar-refractivity contribution in [2.45, 2.75) is 0 Å². The highest BCUT2D eigenvalue weighted by molar-refractivity contribution is 7.19. The van der Waals surface area contributed by atoms with E-state index in [1.54, 1.807) is 0 Å². The van der Waals surface area contributed by atoms with Crippen molar-refractivity contribution in [3.05, 3.63) is 192 Å². The van der Waals surface area contributed by atoms with Crippen molar-refractivity contribution >= 4 is 56.3 Å². The first-order chi connectivity index (χ1) is 24.6. The number of hydrogen-bond donors (Lipinski definition) is 0. The lowest BCUT2D eigenvalue weighted by atomic mass is 10.0. The Bertz CT molecular complexity index is 2510. The van der Waals surface area contributed by atoms with E-state index in [0.29, 0.717) is 16.8 Å². The smallest absolute Gasteiger partial charge is 0.188 e. The van der Waals surface area contributed by atoms with E-state index >= 15 is 0 Å². The predicted octanol–water partition coefficient (Wildman–Crippen LogP) is 8.12. The van der Waals surface area contributed by atoms with Crippen LogP contribution in [0, 0.1) is 29.2 Å². The zero-order chi connectivity index (χ0) is 34.1. The van der Waals surface area contributed by atoms with Crippen LogP contribution in [0.4, 0.5) is 5.69 Å². The van der Waals surface area contributed by atoms with Crippen molar-refractivity contribution in [3.8, 4) is 29.0 Å². The summed E-state index contributed by atoms with van der Waals surface area (Å²) in [5, 5.41) is 26.7. The third kappa shape index (κ3) is 4.88. The number of nitrogens with zero attached hydrogens (tertiary/aromatic N) is 4. The second-order valence-electron chi connectivity index (χ2n) is 12.3. The van der Waals surface area contributed by atoms with Gasteiger partial charge in [-0.15, -0.1) is 0 Å². The third-order valence-corrected chi connectivity index (χ3v) is 14.4. The van der Waals surface area contributed by atoms with E-state index in [4.69, 9.17) is 6.57 Å². The Balaban J connectivity index is 1.44. The maximum Gasteiger partial charge on any atom is 0.188 e. The van der Waals surface area contributed by atoms with Crippen LogP contribution in [-0.2, 0) is 0 Å². The zero-order valence-electron chi connectivity index (χ0n) is 27.0. The Morgan fingerprint density at radius 1 is 0.500 bits per heavy atom. The van der Waals surface area contributed by atoms with E-state index in [2.05, 4.69) is 137 Å². The first-order valence-electron chi connectivity index (χ1n) is 16.3. The van der Waals surface area contributed by atoms with Gasteiger partial charge in [-0.25, -0.2) is 4.85 Å². The standard InChI is InChI=1S/C45H28N4Si/c1-48-35-22-25-44-42(29-35)41-26-32(30-46)21-24-43(41)49(44)45-27-33(31-47)20-23-40(45)34-12-11-19-39(28-34)50(36-13-5-2-6-14-36,37-15-7-3-8-16-37)38-17-9-4-10-18-38/h2-29H. The Morgan fingerprint density at radius 3 is 1.60 bits per heavy atom. The molecule has 1 heterocycles. The van der Waals surface area contributed by atoms with Crippen LogP contribution in [0.25, 0.3) is 43.5 Å². The summed E-state index contributed by atoms with van der Waals surface area (Å²) in [6.07, 6.45) is 0.